The summed E-state index contributed by atoms with van der Waals surface area (Å²) in [6, 6.07) is 11.8. The average Bonchev–Trinajstić information content (AvgIpc) is 3.28. The lowest BCUT2D eigenvalue weighted by Crippen LogP contribution is -2.41. The molecule has 3 rings (SSSR count). The molecule has 0 radical (unpaired) electrons. The van der Waals surface area contributed by atoms with Crippen LogP contribution in [-0.2, 0) is 22.2 Å². The van der Waals surface area contributed by atoms with Crippen LogP contribution in [0.15, 0.2) is 48.5 Å². The molecule has 1 saturated carbocycles. The highest BCUT2D eigenvalue weighted by Gasteiger charge is 2.34. The lowest BCUT2D eigenvalue weighted by molar-refractivity contribution is -0.137. The number of amides is 1. The number of amidine groups is 1. The second-order valence-electron chi connectivity index (χ2n) is 8.64. The van der Waals surface area contributed by atoms with Gasteiger partial charge in [0.05, 0.1) is 11.6 Å². The molecule has 4 N–H and O–H groups in total. The third-order valence-corrected chi connectivity index (χ3v) is 6.26. The summed E-state index contributed by atoms with van der Waals surface area (Å²) in [5.74, 6) is -0.760. The Bertz CT molecular complexity index is 1020. The molecular weight excluding hydrogens is 431 g/mol. The van der Waals surface area contributed by atoms with Gasteiger partial charge in [0, 0.05) is 17.9 Å². The number of nitrogens with two attached hydrogens (primary N) is 1. The van der Waals surface area contributed by atoms with Crippen molar-refractivity contribution in [1.29, 1.82) is 5.41 Å². The van der Waals surface area contributed by atoms with Gasteiger partial charge in [-0.05, 0) is 55.7 Å². The van der Waals surface area contributed by atoms with Gasteiger partial charge in [0.2, 0.25) is 5.91 Å². The topological polar surface area (TPSA) is 96.0 Å². The summed E-state index contributed by atoms with van der Waals surface area (Å²) in [4.78, 5) is 25.1. The maximum absolute atomic E-state index is 13.0. The number of carbonyl (C=O) groups excluding carboxylic acids is 2. The first-order chi connectivity index (χ1) is 15.5. The summed E-state index contributed by atoms with van der Waals surface area (Å²) < 4.78 is 39.0. The van der Waals surface area contributed by atoms with E-state index in [1.807, 2.05) is 12.1 Å². The van der Waals surface area contributed by atoms with Crippen LogP contribution in [-0.4, -0.2) is 23.6 Å². The number of halogens is 3. The number of carbonyl (C=O) groups is 2. The molecule has 0 unspecified atom stereocenters. The minimum Gasteiger partial charge on any atom is -0.384 e. The second-order valence-corrected chi connectivity index (χ2v) is 8.64. The Balaban J connectivity index is 1.49. The standard InChI is InChI=1S/C25H28F3N3O2/c1-15(22(32)12-7-16-5-8-17(9-6-16)23(29)30)31-24(33)20-11-10-19(13-20)18-3-2-4-21(14-18)25(26,27)28/h2-6,8-9,14-15,19-20H,7,10-13H2,1H3,(H3,29,30)(H,31,33)/t15-,19-,20+/m0/s1. The second kappa shape index (κ2) is 10.2. The predicted octanol–water partition coefficient (Wildman–Crippen LogP) is 4.58. The van der Waals surface area contributed by atoms with Gasteiger partial charge in [-0.3, -0.25) is 15.0 Å². The van der Waals surface area contributed by atoms with Gasteiger partial charge in [-0.25, -0.2) is 0 Å². The van der Waals surface area contributed by atoms with Crippen LogP contribution in [0.3, 0.4) is 0 Å². The zero-order chi connectivity index (χ0) is 24.2. The molecule has 2 aromatic rings. The fraction of sp³-hybridized carbons (Fsp3) is 0.400. The summed E-state index contributed by atoms with van der Waals surface area (Å²) in [5.41, 5.74) is 6.91. The van der Waals surface area contributed by atoms with Gasteiger partial charge in [0.15, 0.2) is 5.78 Å². The largest absolute Gasteiger partial charge is 0.416 e. The van der Waals surface area contributed by atoms with E-state index in [4.69, 9.17) is 11.1 Å². The van der Waals surface area contributed by atoms with Crippen LogP contribution in [0.4, 0.5) is 13.2 Å². The SMILES string of the molecule is C[C@H](NC(=O)[C@@H]1CC[C@H](c2cccc(C(F)(F)F)c2)C1)C(=O)CCc1ccc(C(=N)N)cc1. The quantitative estimate of drug-likeness (QED) is 0.398. The fourth-order valence-electron chi connectivity index (χ4n) is 4.24. The number of benzene rings is 2. The van der Waals surface area contributed by atoms with E-state index in [2.05, 4.69) is 5.32 Å². The molecular formula is C25H28F3N3O2. The highest BCUT2D eigenvalue weighted by molar-refractivity contribution is 5.95. The maximum Gasteiger partial charge on any atom is 0.416 e. The molecule has 1 aliphatic carbocycles. The van der Waals surface area contributed by atoms with Crippen LogP contribution in [0, 0.1) is 11.3 Å². The molecule has 2 aromatic carbocycles. The lowest BCUT2D eigenvalue weighted by Gasteiger charge is -2.17. The lowest BCUT2D eigenvalue weighted by atomic mass is 9.94. The normalized spacial score (nSPS) is 19.2. The summed E-state index contributed by atoms with van der Waals surface area (Å²) >= 11 is 0. The minimum atomic E-state index is -4.39. The molecule has 0 bridgehead atoms. The number of hydrogen-bond acceptors (Lipinski definition) is 3. The smallest absolute Gasteiger partial charge is 0.384 e. The maximum atomic E-state index is 13.0. The Kier molecular flexibility index (Phi) is 7.56. The first kappa shape index (κ1) is 24.5. The highest BCUT2D eigenvalue weighted by Crippen LogP contribution is 2.40. The van der Waals surface area contributed by atoms with Crippen LogP contribution in [0.5, 0.6) is 0 Å². The minimum absolute atomic E-state index is 0.0174. The number of nitrogens with one attached hydrogen (secondary N) is 2. The van der Waals surface area contributed by atoms with Crippen molar-refractivity contribution in [2.75, 3.05) is 0 Å². The zero-order valence-electron chi connectivity index (χ0n) is 18.4. The molecule has 176 valence electrons. The first-order valence-electron chi connectivity index (χ1n) is 11.0. The van der Waals surface area contributed by atoms with Gasteiger partial charge in [-0.15, -0.1) is 0 Å². The molecule has 1 aliphatic rings. The van der Waals surface area contributed by atoms with E-state index in [1.165, 1.54) is 12.1 Å². The van der Waals surface area contributed by atoms with Gasteiger partial charge < -0.3 is 11.1 Å². The molecule has 1 amide bonds. The van der Waals surface area contributed by atoms with E-state index < -0.39 is 17.8 Å². The van der Waals surface area contributed by atoms with Crippen molar-refractivity contribution < 1.29 is 22.8 Å². The van der Waals surface area contributed by atoms with E-state index in [1.54, 1.807) is 25.1 Å². The summed E-state index contributed by atoms with van der Waals surface area (Å²) in [6.07, 6.45) is -1.93. The van der Waals surface area contributed by atoms with Gasteiger partial charge in [-0.1, -0.05) is 42.5 Å². The summed E-state index contributed by atoms with van der Waals surface area (Å²) in [7, 11) is 0. The van der Waals surface area contributed by atoms with Crippen LogP contribution in [0.25, 0.3) is 0 Å². The van der Waals surface area contributed by atoms with Crippen molar-refractivity contribution in [3.05, 3.63) is 70.8 Å². The van der Waals surface area contributed by atoms with Crippen molar-refractivity contribution in [3.8, 4) is 0 Å². The summed E-state index contributed by atoms with van der Waals surface area (Å²) in [5, 5.41) is 10.2. The van der Waals surface area contributed by atoms with Crippen LogP contribution >= 0.6 is 0 Å². The third kappa shape index (κ3) is 6.43. The molecule has 0 saturated heterocycles. The van der Waals surface area contributed by atoms with E-state index in [-0.39, 0.29) is 35.8 Å². The highest BCUT2D eigenvalue weighted by atomic mass is 19.4. The molecule has 8 heteroatoms. The summed E-state index contributed by atoms with van der Waals surface area (Å²) in [6.45, 7) is 1.65. The molecule has 5 nitrogen and oxygen atoms in total. The van der Waals surface area contributed by atoms with Crippen LogP contribution < -0.4 is 11.1 Å². The molecule has 0 aliphatic heterocycles. The van der Waals surface area contributed by atoms with Gasteiger partial charge in [-0.2, -0.15) is 13.2 Å². The number of rotatable bonds is 8. The fourth-order valence-corrected chi connectivity index (χ4v) is 4.24. The van der Waals surface area contributed by atoms with E-state index >= 15 is 0 Å². The number of aryl methyl sites for hydroxylation is 1. The van der Waals surface area contributed by atoms with Crippen molar-refractivity contribution in [3.63, 3.8) is 0 Å². The van der Waals surface area contributed by atoms with Gasteiger partial charge in [0.1, 0.15) is 5.84 Å². The number of ketones is 1. The first-order valence-corrected chi connectivity index (χ1v) is 11.0. The average molecular weight is 460 g/mol. The Morgan fingerprint density at radius 3 is 2.48 bits per heavy atom. The van der Waals surface area contributed by atoms with Crippen molar-refractivity contribution in [1.82, 2.24) is 5.32 Å². The molecule has 0 aromatic heterocycles. The number of hydrogen-bond donors (Lipinski definition) is 3. The number of nitrogen functional groups attached to an aromatic ring is 1. The zero-order valence-corrected chi connectivity index (χ0v) is 18.4. The molecule has 0 heterocycles. The predicted molar refractivity (Wildman–Crippen MR) is 120 cm³/mol. The Hall–Kier alpha value is -3.16. The molecule has 3 atom stereocenters. The monoisotopic (exact) mass is 459 g/mol. The van der Waals surface area contributed by atoms with Gasteiger partial charge >= 0.3 is 6.18 Å². The van der Waals surface area contributed by atoms with Crippen molar-refractivity contribution in [2.24, 2.45) is 11.7 Å². The van der Waals surface area contributed by atoms with Crippen molar-refractivity contribution >= 4 is 17.5 Å². The third-order valence-electron chi connectivity index (χ3n) is 6.26. The molecule has 0 spiro atoms. The van der Waals surface area contributed by atoms with Crippen LogP contribution in [0.1, 0.15) is 60.8 Å². The van der Waals surface area contributed by atoms with E-state index in [0.717, 1.165) is 11.6 Å². The van der Waals surface area contributed by atoms with Gasteiger partial charge in [0.25, 0.3) is 0 Å². The Labute approximate surface area is 191 Å². The molecule has 1 fully saturated rings. The van der Waals surface area contributed by atoms with Crippen LogP contribution in [0.2, 0.25) is 0 Å². The molecule has 33 heavy (non-hydrogen) atoms. The van der Waals surface area contributed by atoms with Crippen molar-refractivity contribution in [2.45, 2.75) is 57.2 Å². The van der Waals surface area contributed by atoms with E-state index in [0.29, 0.717) is 36.8 Å². The Morgan fingerprint density at radius 1 is 1.15 bits per heavy atom. The van der Waals surface area contributed by atoms with E-state index in [9.17, 15) is 22.8 Å². The Morgan fingerprint density at radius 2 is 1.85 bits per heavy atom. The number of alkyl halides is 3. The number of Topliss-reactive ketones (excluding diaryl/α,β-unsaturated/α-hetero) is 1.